The Hall–Kier alpha value is -0.540. The number of rotatable bonds is 4. The van der Waals surface area contributed by atoms with Crippen LogP contribution in [0.15, 0.2) is 23.1 Å². The van der Waals surface area contributed by atoms with Crippen molar-refractivity contribution in [2.45, 2.75) is 31.8 Å². The van der Waals surface area contributed by atoms with Crippen LogP contribution in [0.4, 0.5) is 4.39 Å². The van der Waals surface area contributed by atoms with Crippen molar-refractivity contribution in [2.24, 2.45) is 5.92 Å². The van der Waals surface area contributed by atoms with Crippen molar-refractivity contribution in [1.29, 1.82) is 0 Å². The molecule has 1 atom stereocenters. The predicted octanol–water partition coefficient (Wildman–Crippen LogP) is 3.63. The van der Waals surface area contributed by atoms with E-state index in [4.69, 9.17) is 0 Å². The number of benzene rings is 1. The van der Waals surface area contributed by atoms with Gasteiger partial charge in [0.25, 0.3) is 0 Å². The lowest BCUT2D eigenvalue weighted by Crippen LogP contribution is -1.97. The molecular formula is C12H17FOS. The van der Waals surface area contributed by atoms with Crippen LogP contribution in [0, 0.1) is 11.7 Å². The number of aliphatic hydroxyl groups is 1. The maximum Gasteiger partial charge on any atom is 0.123 e. The van der Waals surface area contributed by atoms with Crippen LogP contribution in [0.25, 0.3) is 0 Å². The molecule has 0 saturated carbocycles. The van der Waals surface area contributed by atoms with E-state index >= 15 is 0 Å². The summed E-state index contributed by atoms with van der Waals surface area (Å²) in [5.41, 5.74) is 0.681. The Morgan fingerprint density at radius 3 is 2.53 bits per heavy atom. The van der Waals surface area contributed by atoms with E-state index < -0.39 is 6.10 Å². The summed E-state index contributed by atoms with van der Waals surface area (Å²) in [4.78, 5) is 0.972. The highest BCUT2D eigenvalue weighted by molar-refractivity contribution is 7.99. The van der Waals surface area contributed by atoms with Crippen molar-refractivity contribution in [2.75, 3.05) is 5.75 Å². The Balaban J connectivity index is 2.86. The molecule has 0 saturated heterocycles. The highest BCUT2D eigenvalue weighted by atomic mass is 32.2. The molecule has 0 aliphatic rings. The summed E-state index contributed by atoms with van der Waals surface area (Å²) in [6.07, 6.45) is -0.615. The zero-order valence-electron chi connectivity index (χ0n) is 9.33. The van der Waals surface area contributed by atoms with Crippen LogP contribution in [0.5, 0.6) is 0 Å². The molecule has 0 aliphatic heterocycles. The minimum Gasteiger partial charge on any atom is -0.389 e. The minimum atomic E-state index is -0.615. The lowest BCUT2D eigenvalue weighted by atomic mass is 10.1. The quantitative estimate of drug-likeness (QED) is 0.794. The first kappa shape index (κ1) is 12.5. The first-order chi connectivity index (χ1) is 7.00. The van der Waals surface area contributed by atoms with Crippen molar-refractivity contribution in [3.05, 3.63) is 29.6 Å². The lowest BCUT2D eigenvalue weighted by molar-refractivity contribution is 0.196. The first-order valence-corrected chi connectivity index (χ1v) is 6.09. The summed E-state index contributed by atoms with van der Waals surface area (Å²) in [5, 5.41) is 9.51. The van der Waals surface area contributed by atoms with Crippen LogP contribution in [0.1, 0.15) is 32.4 Å². The molecule has 0 heterocycles. The molecule has 0 amide bonds. The van der Waals surface area contributed by atoms with E-state index in [1.165, 1.54) is 12.1 Å². The average molecular weight is 228 g/mol. The van der Waals surface area contributed by atoms with E-state index in [-0.39, 0.29) is 5.82 Å². The van der Waals surface area contributed by atoms with E-state index in [1.54, 1.807) is 24.8 Å². The Labute approximate surface area is 94.7 Å². The third kappa shape index (κ3) is 3.84. The molecule has 0 fully saturated rings. The first-order valence-electron chi connectivity index (χ1n) is 5.11. The fourth-order valence-electron chi connectivity index (χ4n) is 1.23. The highest BCUT2D eigenvalue weighted by Gasteiger charge is 2.10. The Kier molecular flexibility index (Phi) is 4.61. The van der Waals surface area contributed by atoms with Gasteiger partial charge in [-0.25, -0.2) is 4.39 Å². The molecular weight excluding hydrogens is 211 g/mol. The van der Waals surface area contributed by atoms with Crippen molar-refractivity contribution >= 4 is 11.8 Å². The van der Waals surface area contributed by atoms with E-state index in [1.807, 2.05) is 0 Å². The van der Waals surface area contributed by atoms with Crippen molar-refractivity contribution in [3.8, 4) is 0 Å². The van der Waals surface area contributed by atoms with Crippen LogP contribution in [-0.4, -0.2) is 10.9 Å². The standard InChI is InChI=1S/C12H17FOS/c1-8(2)7-15-12-5-4-10(13)6-11(12)9(3)14/h4-6,8-9,14H,7H2,1-3H3/t9-/m1/s1. The number of thioether (sulfide) groups is 1. The van der Waals surface area contributed by atoms with Crippen molar-refractivity contribution in [3.63, 3.8) is 0 Å². The van der Waals surface area contributed by atoms with Gasteiger partial charge in [0, 0.05) is 10.6 Å². The van der Waals surface area contributed by atoms with Crippen LogP contribution in [0.2, 0.25) is 0 Å². The molecule has 84 valence electrons. The highest BCUT2D eigenvalue weighted by Crippen LogP contribution is 2.29. The Morgan fingerprint density at radius 2 is 2.00 bits per heavy atom. The minimum absolute atomic E-state index is 0.292. The molecule has 0 spiro atoms. The van der Waals surface area contributed by atoms with Gasteiger partial charge in [0.2, 0.25) is 0 Å². The van der Waals surface area contributed by atoms with Gasteiger partial charge in [-0.3, -0.25) is 0 Å². The summed E-state index contributed by atoms with van der Waals surface area (Å²) >= 11 is 1.67. The third-order valence-electron chi connectivity index (χ3n) is 1.99. The van der Waals surface area contributed by atoms with Gasteiger partial charge in [-0.1, -0.05) is 13.8 Å². The van der Waals surface area contributed by atoms with Crippen molar-refractivity contribution < 1.29 is 9.50 Å². The number of halogens is 1. The molecule has 0 aliphatic carbocycles. The second kappa shape index (κ2) is 5.52. The summed E-state index contributed by atoms with van der Waals surface area (Å²) in [5.74, 6) is 1.27. The van der Waals surface area contributed by atoms with Gasteiger partial charge in [-0.2, -0.15) is 0 Å². The SMILES string of the molecule is CC(C)CSc1ccc(F)cc1[C@@H](C)O. The van der Waals surface area contributed by atoms with Gasteiger partial charge in [0.1, 0.15) is 5.82 Å². The van der Waals surface area contributed by atoms with Crippen LogP contribution in [-0.2, 0) is 0 Å². The second-order valence-electron chi connectivity index (χ2n) is 4.06. The third-order valence-corrected chi connectivity index (χ3v) is 3.51. The van der Waals surface area contributed by atoms with Crippen molar-refractivity contribution in [1.82, 2.24) is 0 Å². The van der Waals surface area contributed by atoms with Gasteiger partial charge in [0.05, 0.1) is 6.10 Å². The van der Waals surface area contributed by atoms with Gasteiger partial charge in [-0.15, -0.1) is 11.8 Å². The van der Waals surface area contributed by atoms with Gasteiger partial charge in [0.15, 0.2) is 0 Å². The fourth-order valence-corrected chi connectivity index (χ4v) is 2.31. The maximum atomic E-state index is 13.0. The average Bonchev–Trinajstić information content (AvgIpc) is 2.15. The molecule has 1 rings (SSSR count). The molecule has 1 N–H and O–H groups in total. The van der Waals surface area contributed by atoms with Crippen LogP contribution in [0.3, 0.4) is 0 Å². The Morgan fingerprint density at radius 1 is 1.33 bits per heavy atom. The molecule has 0 bridgehead atoms. The normalized spacial score (nSPS) is 13.2. The molecule has 0 radical (unpaired) electrons. The van der Waals surface area contributed by atoms with Crippen LogP contribution < -0.4 is 0 Å². The van der Waals surface area contributed by atoms with E-state index in [0.29, 0.717) is 11.5 Å². The van der Waals surface area contributed by atoms with Gasteiger partial charge in [-0.05, 0) is 36.6 Å². The molecule has 1 aromatic rings. The molecule has 0 unspecified atom stereocenters. The second-order valence-corrected chi connectivity index (χ2v) is 5.12. The molecule has 1 aromatic carbocycles. The largest absolute Gasteiger partial charge is 0.389 e. The van der Waals surface area contributed by atoms with Gasteiger partial charge < -0.3 is 5.11 Å². The topological polar surface area (TPSA) is 20.2 Å². The Bertz CT molecular complexity index is 323. The predicted molar refractivity (Wildman–Crippen MR) is 62.6 cm³/mol. The number of aliphatic hydroxyl groups excluding tert-OH is 1. The monoisotopic (exact) mass is 228 g/mol. The van der Waals surface area contributed by atoms with E-state index in [9.17, 15) is 9.50 Å². The van der Waals surface area contributed by atoms with Gasteiger partial charge >= 0.3 is 0 Å². The number of hydrogen-bond donors (Lipinski definition) is 1. The zero-order valence-corrected chi connectivity index (χ0v) is 10.1. The van der Waals surface area contributed by atoms with E-state index in [2.05, 4.69) is 13.8 Å². The fraction of sp³-hybridized carbons (Fsp3) is 0.500. The molecule has 1 nitrogen and oxygen atoms in total. The molecule has 3 heteroatoms. The number of hydrogen-bond acceptors (Lipinski definition) is 2. The maximum absolute atomic E-state index is 13.0. The summed E-state index contributed by atoms with van der Waals surface area (Å²) in [6.45, 7) is 5.94. The smallest absolute Gasteiger partial charge is 0.123 e. The molecule has 15 heavy (non-hydrogen) atoms. The summed E-state index contributed by atoms with van der Waals surface area (Å²) in [7, 11) is 0. The molecule has 0 aromatic heterocycles. The zero-order chi connectivity index (χ0) is 11.4. The summed E-state index contributed by atoms with van der Waals surface area (Å²) < 4.78 is 13.0. The van der Waals surface area contributed by atoms with E-state index in [0.717, 1.165) is 10.6 Å². The van der Waals surface area contributed by atoms with Crippen LogP contribution >= 0.6 is 11.8 Å². The summed E-state index contributed by atoms with van der Waals surface area (Å²) in [6, 6.07) is 4.59. The lowest BCUT2D eigenvalue weighted by Gasteiger charge is -2.12.